The van der Waals surface area contributed by atoms with Crippen LogP contribution in [0.1, 0.15) is 37.2 Å². The van der Waals surface area contributed by atoms with E-state index in [0.717, 1.165) is 29.9 Å². The van der Waals surface area contributed by atoms with Crippen molar-refractivity contribution in [3.63, 3.8) is 0 Å². The molecule has 0 aliphatic carbocycles. The van der Waals surface area contributed by atoms with Gasteiger partial charge in [0.05, 0.1) is 35.8 Å². The number of anilines is 4. The highest BCUT2D eigenvalue weighted by molar-refractivity contribution is 9.10. The Hall–Kier alpha value is -4.02. The van der Waals surface area contributed by atoms with Gasteiger partial charge in [-0.05, 0) is 65.7 Å². The van der Waals surface area contributed by atoms with Crippen LogP contribution in [0.3, 0.4) is 0 Å². The lowest BCUT2D eigenvalue weighted by Crippen LogP contribution is -2.39. The molecule has 13 heteroatoms. The zero-order valence-corrected chi connectivity index (χ0v) is 29.7. The molecule has 1 aromatic carbocycles. The molecule has 244 valence electrons. The van der Waals surface area contributed by atoms with Crippen LogP contribution in [0.15, 0.2) is 59.7 Å². The second-order valence-electron chi connectivity index (χ2n) is 12.1. The number of halogens is 1. The summed E-state index contributed by atoms with van der Waals surface area (Å²) in [7, 11) is 1.14. The maximum absolute atomic E-state index is 12.4. The predicted molar refractivity (Wildman–Crippen MR) is 194 cm³/mol. The van der Waals surface area contributed by atoms with Crippen LogP contribution < -0.4 is 25.6 Å². The molecule has 0 saturated carbocycles. The first-order chi connectivity index (χ1) is 21.9. The van der Waals surface area contributed by atoms with Gasteiger partial charge in [0.1, 0.15) is 11.6 Å². The molecule has 46 heavy (non-hydrogen) atoms. The molecule has 4 rings (SSSR count). The fraction of sp³-hybridized carbons (Fsp3) is 0.364. The molecule has 1 aliphatic rings. The van der Waals surface area contributed by atoms with Crippen molar-refractivity contribution in [3.05, 3.63) is 76.7 Å². The molecular formula is C33H43BrN9O2P. The van der Waals surface area contributed by atoms with Gasteiger partial charge in [-0.2, -0.15) is 4.98 Å². The number of allylic oxidation sites excluding steroid dienone is 2. The van der Waals surface area contributed by atoms with Crippen molar-refractivity contribution in [3.8, 4) is 5.75 Å². The number of aromatic nitrogens is 4. The van der Waals surface area contributed by atoms with E-state index in [0.29, 0.717) is 62.8 Å². The van der Waals surface area contributed by atoms with Crippen LogP contribution in [0.4, 0.5) is 23.1 Å². The average Bonchev–Trinajstić information content (AvgIpc) is 2.99. The Bertz CT molecular complexity index is 1680. The predicted octanol–water partition coefficient (Wildman–Crippen LogP) is 7.24. The van der Waals surface area contributed by atoms with Crippen molar-refractivity contribution in [2.24, 2.45) is 11.8 Å². The minimum atomic E-state index is -2.33. The van der Waals surface area contributed by atoms with Gasteiger partial charge in [0.25, 0.3) is 0 Å². The van der Waals surface area contributed by atoms with E-state index in [2.05, 4.69) is 77.1 Å². The monoisotopic (exact) mass is 707 g/mol. The Kier molecular flexibility index (Phi) is 11.8. The van der Waals surface area contributed by atoms with Crippen molar-refractivity contribution < 1.29 is 9.30 Å². The topological polar surface area (TPSA) is 141 Å². The maximum atomic E-state index is 12.4. The fourth-order valence-electron chi connectivity index (χ4n) is 5.55. The van der Waals surface area contributed by atoms with E-state index < -0.39 is 7.14 Å². The quantitative estimate of drug-likeness (QED) is 0.0816. The molecule has 3 heterocycles. The van der Waals surface area contributed by atoms with Crippen molar-refractivity contribution in [1.82, 2.24) is 25.3 Å². The van der Waals surface area contributed by atoms with Gasteiger partial charge in [0.15, 0.2) is 0 Å². The summed E-state index contributed by atoms with van der Waals surface area (Å²) in [6.45, 7) is 14.0. The third-order valence-corrected chi connectivity index (χ3v) is 8.98. The first-order valence-corrected chi connectivity index (χ1v) is 18.6. The van der Waals surface area contributed by atoms with E-state index >= 15 is 0 Å². The Balaban J connectivity index is 1.62. The smallest absolute Gasteiger partial charge is 0.229 e. The minimum Gasteiger partial charge on any atom is -0.494 e. The molecule has 2 unspecified atom stereocenters. The number of hydrogen-bond donors (Lipinski definition) is 4. The van der Waals surface area contributed by atoms with Gasteiger partial charge >= 0.3 is 0 Å². The van der Waals surface area contributed by atoms with Gasteiger partial charge < -0.3 is 35.6 Å². The second-order valence-corrected chi connectivity index (χ2v) is 16.4. The third kappa shape index (κ3) is 9.26. The standard InChI is InChI=1S/C33H43BrN9O2P/c1-21-12-22(2)19-43(18-21)30-14-31(45-5)28(13-25(30)24(15-35)16-36-4)41-33-39-17-26(34)32(42-33)40-23(3)8-9-27-29(20-46(6,7)44)38-11-10-37-27/h8-11,13-17,21-22,35-36H,3,12,18-20H2,1-2,4-7H3,(H2,39,40,41,42)/b9-8-,24-16+,35-15?. The molecule has 0 bridgehead atoms. The van der Waals surface area contributed by atoms with E-state index in [1.165, 1.54) is 12.6 Å². The van der Waals surface area contributed by atoms with Crippen LogP contribution in [0, 0.1) is 17.2 Å². The molecule has 1 aliphatic heterocycles. The van der Waals surface area contributed by atoms with Crippen LogP contribution in [0.25, 0.3) is 11.6 Å². The van der Waals surface area contributed by atoms with Crippen LogP contribution in [0.5, 0.6) is 5.75 Å². The molecule has 0 radical (unpaired) electrons. The van der Waals surface area contributed by atoms with Crippen LogP contribution in [-0.2, 0) is 10.7 Å². The Morgan fingerprint density at radius 3 is 2.57 bits per heavy atom. The summed E-state index contributed by atoms with van der Waals surface area (Å²) in [4.78, 5) is 20.3. The van der Waals surface area contributed by atoms with Gasteiger partial charge in [-0.3, -0.25) is 9.97 Å². The Morgan fingerprint density at radius 1 is 1.20 bits per heavy atom. The number of nitrogens with zero attached hydrogens (tertiary/aromatic N) is 5. The minimum absolute atomic E-state index is 0.339. The highest BCUT2D eigenvalue weighted by atomic mass is 79.9. The number of rotatable bonds is 13. The molecule has 4 N–H and O–H groups in total. The van der Waals surface area contributed by atoms with E-state index in [1.807, 2.05) is 25.4 Å². The van der Waals surface area contributed by atoms with Crippen molar-refractivity contribution >= 4 is 64.1 Å². The van der Waals surface area contributed by atoms with E-state index in [-0.39, 0.29) is 0 Å². The summed E-state index contributed by atoms with van der Waals surface area (Å²) in [5, 5.41) is 17.8. The normalized spacial score (nSPS) is 17.1. The van der Waals surface area contributed by atoms with Crippen molar-refractivity contribution in [1.29, 1.82) is 5.41 Å². The molecule has 1 saturated heterocycles. The zero-order valence-electron chi connectivity index (χ0n) is 27.3. The van der Waals surface area contributed by atoms with Crippen LogP contribution in [-0.4, -0.2) is 66.7 Å². The molecule has 3 aromatic rings. The number of benzene rings is 1. The first kappa shape index (κ1) is 34.8. The first-order valence-electron chi connectivity index (χ1n) is 15.0. The summed E-state index contributed by atoms with van der Waals surface area (Å²) in [6, 6.07) is 4.01. The van der Waals surface area contributed by atoms with Gasteiger partial charge in [-0.1, -0.05) is 20.4 Å². The summed E-state index contributed by atoms with van der Waals surface area (Å²) < 4.78 is 18.9. The average molecular weight is 709 g/mol. The third-order valence-electron chi connectivity index (χ3n) is 7.34. The number of hydrogen-bond acceptors (Lipinski definition) is 11. The van der Waals surface area contributed by atoms with Gasteiger partial charge in [0, 0.05) is 85.9 Å². The van der Waals surface area contributed by atoms with Crippen molar-refractivity contribution in [2.75, 3.05) is 56.1 Å². The van der Waals surface area contributed by atoms with Gasteiger partial charge in [0.2, 0.25) is 5.95 Å². The highest BCUT2D eigenvalue weighted by Gasteiger charge is 2.26. The summed E-state index contributed by atoms with van der Waals surface area (Å²) in [6.07, 6.45) is 13.1. The lowest BCUT2D eigenvalue weighted by molar-refractivity contribution is 0.356. The SMILES string of the molecule is C=C(/C=C\c1nccnc1CP(C)(C)=O)Nc1nc(Nc2cc(/C(C=N)=C/NC)c(N3CC(C)CC(C)C3)cc2OC)ncc1Br. The maximum Gasteiger partial charge on any atom is 0.229 e. The number of piperidine rings is 1. The van der Waals surface area contributed by atoms with Crippen LogP contribution >= 0.6 is 23.1 Å². The lowest BCUT2D eigenvalue weighted by Gasteiger charge is -2.38. The van der Waals surface area contributed by atoms with Crippen molar-refractivity contribution in [2.45, 2.75) is 26.4 Å². The number of methoxy groups -OCH3 is 1. The molecule has 2 atom stereocenters. The second kappa shape index (κ2) is 15.5. The van der Waals surface area contributed by atoms with Crippen LogP contribution in [0.2, 0.25) is 0 Å². The zero-order chi connectivity index (χ0) is 33.4. The molecule has 0 spiro atoms. The molecule has 1 fully saturated rings. The van der Waals surface area contributed by atoms with Gasteiger partial charge in [-0.25, -0.2) is 4.98 Å². The number of nitrogens with one attached hydrogen (secondary N) is 4. The Labute approximate surface area is 280 Å². The Morgan fingerprint density at radius 2 is 1.91 bits per heavy atom. The summed E-state index contributed by atoms with van der Waals surface area (Å²) >= 11 is 3.53. The highest BCUT2D eigenvalue weighted by Crippen LogP contribution is 2.41. The van der Waals surface area contributed by atoms with E-state index in [9.17, 15) is 4.57 Å². The molecular weight excluding hydrogens is 665 g/mol. The van der Waals surface area contributed by atoms with Gasteiger partial charge in [-0.15, -0.1) is 0 Å². The molecule has 0 amide bonds. The molecule has 2 aromatic heterocycles. The fourth-order valence-corrected chi connectivity index (χ4v) is 6.80. The largest absolute Gasteiger partial charge is 0.494 e. The number of ether oxygens (including phenoxy) is 1. The molecule has 11 nitrogen and oxygen atoms in total. The lowest BCUT2D eigenvalue weighted by atomic mass is 9.90. The summed E-state index contributed by atoms with van der Waals surface area (Å²) in [5.41, 5.74) is 5.18. The van der Waals surface area contributed by atoms with E-state index in [1.54, 1.807) is 51.2 Å². The summed E-state index contributed by atoms with van der Waals surface area (Å²) in [5.74, 6) is 2.58. The van der Waals surface area contributed by atoms with E-state index in [4.69, 9.17) is 10.1 Å².